The number of nitrogens with zero attached hydrogens (tertiary/aromatic N) is 1. The van der Waals surface area contributed by atoms with Gasteiger partial charge in [0.2, 0.25) is 0 Å². The number of nitrogens with two attached hydrogens (primary N) is 1. The summed E-state index contributed by atoms with van der Waals surface area (Å²) in [5.74, 6) is 0.201. The van der Waals surface area contributed by atoms with Gasteiger partial charge in [0, 0.05) is 29.1 Å². The summed E-state index contributed by atoms with van der Waals surface area (Å²) < 4.78 is 0. The maximum atomic E-state index is 8.39. The van der Waals surface area contributed by atoms with E-state index in [0.717, 1.165) is 5.56 Å². The van der Waals surface area contributed by atoms with E-state index < -0.39 is 0 Å². The van der Waals surface area contributed by atoms with Gasteiger partial charge < -0.3 is 16.3 Å². The lowest BCUT2D eigenvalue weighted by Crippen LogP contribution is -2.25. The van der Waals surface area contributed by atoms with Crippen LogP contribution < -0.4 is 11.1 Å². The molecular formula is C11H15Cl2N3O. The van der Waals surface area contributed by atoms with E-state index in [1.165, 1.54) is 0 Å². The standard InChI is InChI=1S/C11H15Cl2N3O/c1-7(15-5-4-11(14)16-17)9-3-2-8(12)6-10(9)13/h2-3,6-7,15,17H,4-5H2,1H3,(H2,14,16). The molecule has 4 N–H and O–H groups in total. The highest BCUT2D eigenvalue weighted by atomic mass is 35.5. The van der Waals surface area contributed by atoms with Crippen LogP contribution in [0.2, 0.25) is 10.0 Å². The quantitative estimate of drug-likeness (QED) is 0.335. The molecule has 94 valence electrons. The van der Waals surface area contributed by atoms with Crippen molar-refractivity contribution < 1.29 is 5.21 Å². The van der Waals surface area contributed by atoms with E-state index >= 15 is 0 Å². The molecule has 1 aromatic rings. The molecule has 0 aromatic heterocycles. The molecule has 0 heterocycles. The molecule has 4 nitrogen and oxygen atoms in total. The SMILES string of the molecule is CC(NCCC(N)=NO)c1ccc(Cl)cc1Cl. The van der Waals surface area contributed by atoms with Crippen LogP contribution in [-0.4, -0.2) is 17.6 Å². The molecular weight excluding hydrogens is 261 g/mol. The minimum atomic E-state index is 0.0752. The highest BCUT2D eigenvalue weighted by molar-refractivity contribution is 6.35. The monoisotopic (exact) mass is 275 g/mol. The average molecular weight is 276 g/mol. The van der Waals surface area contributed by atoms with Crippen LogP contribution in [0.3, 0.4) is 0 Å². The Kier molecular flexibility index (Phi) is 5.55. The molecule has 6 heteroatoms. The number of halogens is 2. The summed E-state index contributed by atoms with van der Waals surface area (Å²) in [5.41, 5.74) is 6.33. The molecule has 1 atom stereocenters. The molecule has 0 fully saturated rings. The number of hydrogen-bond acceptors (Lipinski definition) is 3. The van der Waals surface area contributed by atoms with Gasteiger partial charge in [-0.15, -0.1) is 0 Å². The summed E-state index contributed by atoms with van der Waals surface area (Å²) in [6, 6.07) is 5.46. The number of hydrogen-bond donors (Lipinski definition) is 3. The van der Waals surface area contributed by atoms with Crippen molar-refractivity contribution in [2.45, 2.75) is 19.4 Å². The Morgan fingerprint density at radius 3 is 2.82 bits per heavy atom. The Labute approximate surface area is 110 Å². The summed E-state index contributed by atoms with van der Waals surface area (Å²) >= 11 is 11.9. The number of benzene rings is 1. The van der Waals surface area contributed by atoms with Crippen LogP contribution in [0.1, 0.15) is 24.9 Å². The molecule has 0 bridgehead atoms. The smallest absolute Gasteiger partial charge is 0.140 e. The Hall–Kier alpha value is -0.970. The summed E-state index contributed by atoms with van der Waals surface area (Å²) in [4.78, 5) is 0. The van der Waals surface area contributed by atoms with Crippen LogP contribution in [0.4, 0.5) is 0 Å². The van der Waals surface area contributed by atoms with Crippen molar-refractivity contribution in [1.82, 2.24) is 5.32 Å². The third-order valence-electron chi connectivity index (χ3n) is 2.39. The first-order valence-corrected chi connectivity index (χ1v) is 5.95. The lowest BCUT2D eigenvalue weighted by molar-refractivity contribution is 0.316. The topological polar surface area (TPSA) is 70.6 Å². The van der Waals surface area contributed by atoms with Gasteiger partial charge in [-0.1, -0.05) is 34.4 Å². The fourth-order valence-corrected chi connectivity index (χ4v) is 2.00. The van der Waals surface area contributed by atoms with Gasteiger partial charge in [0.25, 0.3) is 0 Å². The highest BCUT2D eigenvalue weighted by Crippen LogP contribution is 2.25. The fraction of sp³-hybridized carbons (Fsp3) is 0.364. The lowest BCUT2D eigenvalue weighted by Gasteiger charge is -2.15. The lowest BCUT2D eigenvalue weighted by atomic mass is 10.1. The third-order valence-corrected chi connectivity index (χ3v) is 2.95. The zero-order chi connectivity index (χ0) is 12.8. The van der Waals surface area contributed by atoms with Crippen LogP contribution in [0.15, 0.2) is 23.4 Å². The van der Waals surface area contributed by atoms with Crippen LogP contribution in [-0.2, 0) is 0 Å². The van der Waals surface area contributed by atoms with Gasteiger partial charge in [0.1, 0.15) is 5.84 Å². The predicted octanol–water partition coefficient (Wildman–Crippen LogP) is 2.78. The van der Waals surface area contributed by atoms with E-state index in [4.69, 9.17) is 34.1 Å². The zero-order valence-electron chi connectivity index (χ0n) is 9.45. The van der Waals surface area contributed by atoms with Crippen LogP contribution in [0.25, 0.3) is 0 Å². The largest absolute Gasteiger partial charge is 0.409 e. The van der Waals surface area contributed by atoms with Crippen molar-refractivity contribution >= 4 is 29.0 Å². The Morgan fingerprint density at radius 1 is 1.53 bits per heavy atom. The second kappa shape index (κ2) is 6.69. The first kappa shape index (κ1) is 14.1. The van der Waals surface area contributed by atoms with Crippen molar-refractivity contribution in [2.24, 2.45) is 10.9 Å². The second-order valence-electron chi connectivity index (χ2n) is 3.68. The van der Waals surface area contributed by atoms with E-state index in [9.17, 15) is 0 Å². The summed E-state index contributed by atoms with van der Waals surface area (Å²) in [5, 5.41) is 15.8. The Bertz CT molecular complexity index is 410. The van der Waals surface area contributed by atoms with E-state index in [1.54, 1.807) is 12.1 Å². The van der Waals surface area contributed by atoms with E-state index in [1.807, 2.05) is 13.0 Å². The van der Waals surface area contributed by atoms with Crippen molar-refractivity contribution in [3.8, 4) is 0 Å². The molecule has 0 amide bonds. The zero-order valence-corrected chi connectivity index (χ0v) is 11.0. The van der Waals surface area contributed by atoms with E-state index in [2.05, 4.69) is 10.5 Å². The molecule has 0 aliphatic carbocycles. The summed E-state index contributed by atoms with van der Waals surface area (Å²) in [7, 11) is 0. The van der Waals surface area contributed by atoms with E-state index in [-0.39, 0.29) is 11.9 Å². The molecule has 1 aromatic carbocycles. The fourth-order valence-electron chi connectivity index (χ4n) is 1.43. The summed E-state index contributed by atoms with van der Waals surface area (Å²) in [6.45, 7) is 2.59. The molecule has 0 aliphatic heterocycles. The van der Waals surface area contributed by atoms with Crippen LogP contribution >= 0.6 is 23.2 Å². The first-order valence-electron chi connectivity index (χ1n) is 5.19. The van der Waals surface area contributed by atoms with Gasteiger partial charge in [-0.25, -0.2) is 0 Å². The van der Waals surface area contributed by atoms with Crippen molar-refractivity contribution in [2.75, 3.05) is 6.54 Å². The van der Waals surface area contributed by atoms with Crippen molar-refractivity contribution in [1.29, 1.82) is 0 Å². The van der Waals surface area contributed by atoms with Gasteiger partial charge in [-0.2, -0.15) is 0 Å². The molecule has 0 radical (unpaired) electrons. The number of oxime groups is 1. The Morgan fingerprint density at radius 2 is 2.24 bits per heavy atom. The molecule has 0 saturated carbocycles. The van der Waals surface area contributed by atoms with Gasteiger partial charge in [0.15, 0.2) is 0 Å². The molecule has 1 rings (SSSR count). The minimum absolute atomic E-state index is 0.0752. The molecule has 17 heavy (non-hydrogen) atoms. The average Bonchev–Trinajstić information content (AvgIpc) is 2.28. The highest BCUT2D eigenvalue weighted by Gasteiger charge is 2.09. The van der Waals surface area contributed by atoms with Gasteiger partial charge in [-0.3, -0.25) is 0 Å². The molecule has 0 saturated heterocycles. The van der Waals surface area contributed by atoms with Crippen LogP contribution in [0.5, 0.6) is 0 Å². The van der Waals surface area contributed by atoms with Gasteiger partial charge in [-0.05, 0) is 24.6 Å². The van der Waals surface area contributed by atoms with Crippen LogP contribution in [0, 0.1) is 0 Å². The molecule has 1 unspecified atom stereocenters. The molecule has 0 aliphatic rings. The number of nitrogens with one attached hydrogen (secondary N) is 1. The summed E-state index contributed by atoms with van der Waals surface area (Å²) in [6.07, 6.45) is 0.478. The minimum Gasteiger partial charge on any atom is -0.409 e. The number of rotatable bonds is 5. The normalized spacial score (nSPS) is 13.7. The molecule has 0 spiro atoms. The maximum Gasteiger partial charge on any atom is 0.140 e. The van der Waals surface area contributed by atoms with Crippen molar-refractivity contribution in [3.05, 3.63) is 33.8 Å². The first-order chi connectivity index (χ1) is 8.04. The van der Waals surface area contributed by atoms with Crippen molar-refractivity contribution in [3.63, 3.8) is 0 Å². The predicted molar refractivity (Wildman–Crippen MR) is 70.9 cm³/mol. The Balaban J connectivity index is 2.55. The third kappa shape index (κ3) is 4.42. The maximum absolute atomic E-state index is 8.39. The second-order valence-corrected chi connectivity index (χ2v) is 4.53. The van der Waals surface area contributed by atoms with E-state index in [0.29, 0.717) is 23.0 Å². The van der Waals surface area contributed by atoms with Gasteiger partial charge >= 0.3 is 0 Å². The number of amidine groups is 1. The van der Waals surface area contributed by atoms with Gasteiger partial charge in [0.05, 0.1) is 0 Å².